The van der Waals surface area contributed by atoms with Crippen molar-refractivity contribution in [2.45, 2.75) is 0 Å². The number of benzene rings is 1. The molecule has 0 saturated carbocycles. The third-order valence-corrected chi connectivity index (χ3v) is 2.17. The maximum Gasteiger partial charge on any atom is 0.380 e. The highest BCUT2D eigenvalue weighted by molar-refractivity contribution is 7.84. The topological polar surface area (TPSA) is 85.2 Å². The molecular formula is C8H8N2O3S. The van der Waals surface area contributed by atoms with Gasteiger partial charge >= 0.3 is 10.3 Å². The predicted octanol–water partition coefficient (Wildman–Crippen LogP) is 0.750. The van der Waals surface area contributed by atoms with Gasteiger partial charge < -0.3 is 9.17 Å². The van der Waals surface area contributed by atoms with E-state index in [-0.39, 0.29) is 5.75 Å². The molecule has 0 unspecified atom stereocenters. The molecule has 0 aliphatic rings. The Morgan fingerprint density at radius 3 is 2.71 bits per heavy atom. The highest BCUT2D eigenvalue weighted by Gasteiger charge is 2.09. The Morgan fingerprint density at radius 2 is 2.00 bits per heavy atom. The lowest BCUT2D eigenvalue weighted by Crippen LogP contribution is -2.18. The SMILES string of the molecule is NS(=O)(=O)Oc1c[nH]c2ccccc12. The summed E-state index contributed by atoms with van der Waals surface area (Å²) in [6.07, 6.45) is 1.45. The second-order valence-electron chi connectivity index (χ2n) is 2.77. The van der Waals surface area contributed by atoms with Crippen LogP contribution in [0.3, 0.4) is 0 Å². The molecule has 0 bridgehead atoms. The number of nitrogens with one attached hydrogen (secondary N) is 1. The van der Waals surface area contributed by atoms with Crippen LogP contribution in [0.15, 0.2) is 30.5 Å². The lowest BCUT2D eigenvalue weighted by Gasteiger charge is -1.98. The van der Waals surface area contributed by atoms with E-state index in [1.54, 1.807) is 12.1 Å². The van der Waals surface area contributed by atoms with Crippen LogP contribution in [-0.4, -0.2) is 13.4 Å². The van der Waals surface area contributed by atoms with Crippen molar-refractivity contribution in [2.75, 3.05) is 0 Å². The van der Waals surface area contributed by atoms with Gasteiger partial charge in [0.05, 0.1) is 0 Å². The Hall–Kier alpha value is -1.53. The lowest BCUT2D eigenvalue weighted by molar-refractivity contribution is 0.490. The zero-order chi connectivity index (χ0) is 10.2. The summed E-state index contributed by atoms with van der Waals surface area (Å²) in [6.45, 7) is 0. The van der Waals surface area contributed by atoms with Gasteiger partial charge in [0.2, 0.25) is 0 Å². The van der Waals surface area contributed by atoms with E-state index in [9.17, 15) is 8.42 Å². The Bertz CT molecular complexity index is 559. The van der Waals surface area contributed by atoms with Crippen LogP contribution in [0.2, 0.25) is 0 Å². The van der Waals surface area contributed by atoms with Crippen LogP contribution >= 0.6 is 0 Å². The third-order valence-electron chi connectivity index (χ3n) is 1.76. The van der Waals surface area contributed by atoms with Crippen LogP contribution in [0.4, 0.5) is 0 Å². The first-order valence-corrected chi connectivity index (χ1v) is 5.32. The predicted molar refractivity (Wildman–Crippen MR) is 52.0 cm³/mol. The number of para-hydroxylation sites is 1. The second kappa shape index (κ2) is 3.00. The standard InChI is InChI=1S/C8H8N2O3S/c9-14(11,12)13-8-5-10-7-4-2-1-3-6(7)8/h1-5,10H,(H2,9,11,12). The molecule has 0 aliphatic carbocycles. The van der Waals surface area contributed by atoms with Gasteiger partial charge in [-0.2, -0.15) is 13.6 Å². The average Bonchev–Trinajstić information content (AvgIpc) is 2.47. The average molecular weight is 212 g/mol. The summed E-state index contributed by atoms with van der Waals surface area (Å²) in [5, 5.41) is 5.44. The van der Waals surface area contributed by atoms with E-state index in [0.29, 0.717) is 5.39 Å². The number of fused-ring (bicyclic) bond motifs is 1. The normalized spacial score (nSPS) is 11.8. The Labute approximate surface area is 80.7 Å². The molecule has 14 heavy (non-hydrogen) atoms. The van der Waals surface area contributed by atoms with Crippen molar-refractivity contribution in [3.05, 3.63) is 30.5 Å². The van der Waals surface area contributed by atoms with Crippen LogP contribution < -0.4 is 9.32 Å². The first kappa shape index (κ1) is 9.04. The van der Waals surface area contributed by atoms with Crippen molar-refractivity contribution in [2.24, 2.45) is 5.14 Å². The molecule has 5 nitrogen and oxygen atoms in total. The summed E-state index contributed by atoms with van der Waals surface area (Å²) < 4.78 is 25.9. The minimum absolute atomic E-state index is 0.211. The lowest BCUT2D eigenvalue weighted by atomic mass is 10.2. The van der Waals surface area contributed by atoms with Gasteiger partial charge in [-0.15, -0.1) is 0 Å². The molecule has 0 atom stereocenters. The maximum atomic E-state index is 10.7. The van der Waals surface area contributed by atoms with Gasteiger partial charge in [-0.1, -0.05) is 12.1 Å². The fourth-order valence-corrected chi connectivity index (χ4v) is 1.63. The van der Waals surface area contributed by atoms with E-state index in [1.807, 2.05) is 12.1 Å². The molecule has 2 rings (SSSR count). The fourth-order valence-electron chi connectivity index (χ4n) is 1.24. The van der Waals surface area contributed by atoms with Gasteiger partial charge in [0, 0.05) is 17.1 Å². The van der Waals surface area contributed by atoms with Gasteiger partial charge in [0.15, 0.2) is 5.75 Å². The van der Waals surface area contributed by atoms with Gasteiger partial charge in [-0.3, -0.25) is 0 Å². The molecule has 2 aromatic rings. The van der Waals surface area contributed by atoms with E-state index in [2.05, 4.69) is 9.17 Å². The maximum absolute atomic E-state index is 10.7. The largest absolute Gasteiger partial charge is 0.380 e. The number of H-pyrrole nitrogens is 1. The highest BCUT2D eigenvalue weighted by Crippen LogP contribution is 2.25. The number of rotatable bonds is 2. The molecular weight excluding hydrogens is 204 g/mol. The number of aromatic nitrogens is 1. The third kappa shape index (κ3) is 1.70. The van der Waals surface area contributed by atoms with Gasteiger partial charge in [-0.05, 0) is 12.1 Å². The molecule has 3 N–H and O–H groups in total. The van der Waals surface area contributed by atoms with Crippen molar-refractivity contribution >= 4 is 21.2 Å². The molecule has 0 aliphatic heterocycles. The Morgan fingerprint density at radius 1 is 1.29 bits per heavy atom. The second-order valence-corrected chi connectivity index (χ2v) is 3.93. The van der Waals surface area contributed by atoms with Crippen LogP contribution in [0.1, 0.15) is 0 Å². The number of nitrogens with two attached hydrogens (primary N) is 1. The molecule has 1 aromatic heterocycles. The van der Waals surface area contributed by atoms with E-state index < -0.39 is 10.3 Å². The van der Waals surface area contributed by atoms with Gasteiger partial charge in [0.1, 0.15) is 0 Å². The zero-order valence-electron chi connectivity index (χ0n) is 7.10. The highest BCUT2D eigenvalue weighted by atomic mass is 32.2. The summed E-state index contributed by atoms with van der Waals surface area (Å²) in [4.78, 5) is 2.87. The molecule has 6 heteroatoms. The summed E-state index contributed by atoms with van der Waals surface area (Å²) in [7, 11) is -3.96. The zero-order valence-corrected chi connectivity index (χ0v) is 7.91. The molecule has 74 valence electrons. The monoisotopic (exact) mass is 212 g/mol. The van der Waals surface area contributed by atoms with Crippen molar-refractivity contribution in [3.63, 3.8) is 0 Å². The Balaban J connectivity index is 2.54. The minimum atomic E-state index is -3.96. The van der Waals surface area contributed by atoms with Crippen LogP contribution in [0.5, 0.6) is 5.75 Å². The molecule has 0 radical (unpaired) electrons. The van der Waals surface area contributed by atoms with Crippen LogP contribution in [0.25, 0.3) is 10.9 Å². The smallest absolute Gasteiger partial charge is 0.369 e. The summed E-state index contributed by atoms with van der Waals surface area (Å²) in [5.41, 5.74) is 0.797. The molecule has 0 amide bonds. The fraction of sp³-hybridized carbons (Fsp3) is 0. The van der Waals surface area contributed by atoms with E-state index >= 15 is 0 Å². The number of aromatic amines is 1. The van der Waals surface area contributed by atoms with Crippen molar-refractivity contribution in [1.82, 2.24) is 4.98 Å². The van der Waals surface area contributed by atoms with Gasteiger partial charge in [-0.25, -0.2) is 0 Å². The molecule has 1 aromatic carbocycles. The molecule has 0 saturated heterocycles. The number of hydrogen-bond donors (Lipinski definition) is 2. The molecule has 1 heterocycles. The van der Waals surface area contributed by atoms with Gasteiger partial charge in [0.25, 0.3) is 0 Å². The Kier molecular flexibility index (Phi) is 1.94. The molecule has 0 fully saturated rings. The summed E-state index contributed by atoms with van der Waals surface area (Å²) >= 11 is 0. The molecule has 0 spiro atoms. The first-order valence-electron chi connectivity index (χ1n) is 3.84. The van der Waals surface area contributed by atoms with Crippen molar-refractivity contribution in [1.29, 1.82) is 0 Å². The minimum Gasteiger partial charge on any atom is -0.369 e. The van der Waals surface area contributed by atoms with Crippen LogP contribution in [-0.2, 0) is 10.3 Å². The number of hydrogen-bond acceptors (Lipinski definition) is 3. The van der Waals surface area contributed by atoms with Crippen molar-refractivity contribution < 1.29 is 12.6 Å². The van der Waals surface area contributed by atoms with Crippen LogP contribution in [0, 0.1) is 0 Å². The first-order chi connectivity index (χ1) is 6.56. The summed E-state index contributed by atoms with van der Waals surface area (Å²) in [6, 6.07) is 7.17. The van der Waals surface area contributed by atoms with E-state index in [1.165, 1.54) is 6.20 Å². The van der Waals surface area contributed by atoms with E-state index in [4.69, 9.17) is 5.14 Å². The quantitative estimate of drug-likeness (QED) is 0.770. The van der Waals surface area contributed by atoms with Crippen molar-refractivity contribution in [3.8, 4) is 5.75 Å². The van der Waals surface area contributed by atoms with E-state index in [0.717, 1.165) is 5.52 Å². The summed E-state index contributed by atoms with van der Waals surface area (Å²) in [5.74, 6) is 0.211.